The van der Waals surface area contributed by atoms with Gasteiger partial charge in [-0.1, -0.05) is 281 Å². The highest BCUT2D eigenvalue weighted by Crippen LogP contribution is 2.17. The molecule has 0 rings (SSSR count). The van der Waals surface area contributed by atoms with Crippen LogP contribution in [0.2, 0.25) is 0 Å². The van der Waals surface area contributed by atoms with Crippen LogP contribution in [-0.4, -0.2) is 37.2 Å². The van der Waals surface area contributed by atoms with Crippen molar-refractivity contribution in [2.45, 2.75) is 309 Å². The van der Waals surface area contributed by atoms with Crippen LogP contribution in [0.3, 0.4) is 0 Å². The van der Waals surface area contributed by atoms with Crippen molar-refractivity contribution in [1.82, 2.24) is 0 Å². The van der Waals surface area contributed by atoms with E-state index in [0.717, 1.165) is 89.9 Å². The maximum atomic E-state index is 12.8. The van der Waals surface area contributed by atoms with Gasteiger partial charge < -0.3 is 14.2 Å². The number of carbonyl (C=O) groups excluding carboxylic acids is 3. The lowest BCUT2D eigenvalue weighted by Crippen LogP contribution is -2.30. The lowest BCUT2D eigenvalue weighted by atomic mass is 10.0. The Hall–Kier alpha value is -2.89. The van der Waals surface area contributed by atoms with Crippen LogP contribution < -0.4 is 0 Å². The number of hydrogen-bond donors (Lipinski definition) is 0. The predicted molar refractivity (Wildman–Crippen MR) is 298 cm³/mol. The van der Waals surface area contributed by atoms with Crippen molar-refractivity contribution in [3.8, 4) is 0 Å². The first-order valence-electron chi connectivity index (χ1n) is 29.8. The molecule has 0 spiro atoms. The van der Waals surface area contributed by atoms with E-state index < -0.39 is 6.10 Å². The number of allylic oxidation sites excluding steroid dienone is 10. The predicted octanol–water partition coefficient (Wildman–Crippen LogP) is 20.0. The molecule has 0 amide bonds. The summed E-state index contributed by atoms with van der Waals surface area (Å²) in [4.78, 5) is 38.1. The number of hydrogen-bond acceptors (Lipinski definition) is 6. The molecule has 69 heavy (non-hydrogen) atoms. The van der Waals surface area contributed by atoms with Crippen molar-refractivity contribution in [2.75, 3.05) is 13.2 Å². The Morgan fingerprint density at radius 1 is 0.304 bits per heavy atom. The molecule has 0 aliphatic heterocycles. The SMILES string of the molecule is CC/C=C\C/C=C\C/C=C\C/C=C\C/C=C\CCCCCCCCCCCCCC(=O)OCC(COC(=O)CCCCCCCCCCCCC)OC(=O)CCCCCCCCCCCCCCC. The Morgan fingerprint density at radius 3 is 0.884 bits per heavy atom. The fourth-order valence-electron chi connectivity index (χ4n) is 8.59. The number of rotatable bonds is 54. The molecule has 0 saturated carbocycles. The van der Waals surface area contributed by atoms with Crippen molar-refractivity contribution in [3.05, 3.63) is 60.8 Å². The summed E-state index contributed by atoms with van der Waals surface area (Å²) in [7, 11) is 0. The highest BCUT2D eigenvalue weighted by atomic mass is 16.6. The molecule has 0 radical (unpaired) electrons. The first-order chi connectivity index (χ1) is 34.0. The van der Waals surface area contributed by atoms with Crippen LogP contribution in [0.25, 0.3) is 0 Å². The number of ether oxygens (including phenoxy) is 3. The van der Waals surface area contributed by atoms with Crippen LogP contribution in [0.1, 0.15) is 303 Å². The molecule has 0 aliphatic rings. The normalized spacial score (nSPS) is 12.4. The van der Waals surface area contributed by atoms with E-state index in [0.29, 0.717) is 19.3 Å². The van der Waals surface area contributed by atoms with Gasteiger partial charge in [0.25, 0.3) is 0 Å². The van der Waals surface area contributed by atoms with Gasteiger partial charge in [-0.3, -0.25) is 14.4 Å². The van der Waals surface area contributed by atoms with Crippen LogP contribution in [0.15, 0.2) is 60.8 Å². The van der Waals surface area contributed by atoms with Gasteiger partial charge in [0.1, 0.15) is 13.2 Å². The summed E-state index contributed by atoms with van der Waals surface area (Å²) in [6.07, 6.45) is 72.2. The molecule has 0 aliphatic carbocycles. The van der Waals surface area contributed by atoms with Crippen LogP contribution >= 0.6 is 0 Å². The zero-order valence-electron chi connectivity index (χ0n) is 45.8. The highest BCUT2D eigenvalue weighted by molar-refractivity contribution is 5.71. The van der Waals surface area contributed by atoms with Crippen LogP contribution in [0, 0.1) is 0 Å². The van der Waals surface area contributed by atoms with E-state index in [4.69, 9.17) is 14.2 Å². The third-order valence-electron chi connectivity index (χ3n) is 13.0. The van der Waals surface area contributed by atoms with Crippen molar-refractivity contribution < 1.29 is 28.6 Å². The minimum Gasteiger partial charge on any atom is -0.462 e. The van der Waals surface area contributed by atoms with Gasteiger partial charge in [-0.05, 0) is 64.2 Å². The minimum absolute atomic E-state index is 0.0698. The summed E-state index contributed by atoms with van der Waals surface area (Å²) in [6.45, 7) is 6.55. The second-order valence-corrected chi connectivity index (χ2v) is 19.9. The zero-order chi connectivity index (χ0) is 50.0. The standard InChI is InChI=1S/C63H112O6/c1-4-7-10-13-16-19-22-24-25-26-27-28-29-30-31-32-33-34-35-36-37-39-41-44-47-50-53-56-62(65)68-59-60(58-67-61(64)55-52-49-46-43-40-21-18-15-12-9-6-3)69-63(66)57-54-51-48-45-42-38-23-20-17-14-11-8-5-2/h7,10,16,19,24-25,27-28,30-31,60H,4-6,8-9,11-15,17-18,20-23,26,29,32-59H2,1-3H3/b10-7-,19-16-,25-24-,28-27-,31-30-. The van der Waals surface area contributed by atoms with E-state index in [9.17, 15) is 14.4 Å². The fraction of sp³-hybridized carbons (Fsp3) is 0.794. The molecule has 0 heterocycles. The molecule has 400 valence electrons. The molecule has 0 aromatic rings. The largest absolute Gasteiger partial charge is 0.462 e. The van der Waals surface area contributed by atoms with Crippen LogP contribution in [0.5, 0.6) is 0 Å². The zero-order valence-corrected chi connectivity index (χ0v) is 45.8. The quantitative estimate of drug-likeness (QED) is 0.0262. The molecular weight excluding hydrogens is 853 g/mol. The first-order valence-corrected chi connectivity index (χ1v) is 29.8. The maximum absolute atomic E-state index is 12.8. The van der Waals surface area contributed by atoms with Crippen molar-refractivity contribution in [3.63, 3.8) is 0 Å². The molecule has 0 aromatic heterocycles. The van der Waals surface area contributed by atoms with Gasteiger partial charge in [-0.2, -0.15) is 0 Å². The summed E-state index contributed by atoms with van der Waals surface area (Å²) < 4.78 is 16.9. The Bertz CT molecular complexity index is 1250. The molecule has 0 saturated heterocycles. The van der Waals surface area contributed by atoms with Gasteiger partial charge in [0.2, 0.25) is 0 Å². The van der Waals surface area contributed by atoms with Crippen molar-refractivity contribution >= 4 is 17.9 Å². The van der Waals surface area contributed by atoms with Crippen LogP contribution in [-0.2, 0) is 28.6 Å². The van der Waals surface area contributed by atoms with E-state index in [1.54, 1.807) is 0 Å². The molecular formula is C63H112O6. The highest BCUT2D eigenvalue weighted by Gasteiger charge is 2.19. The average molecular weight is 966 g/mol. The third kappa shape index (κ3) is 55.9. The molecule has 6 nitrogen and oxygen atoms in total. The number of unbranched alkanes of at least 4 members (excludes halogenated alkanes) is 33. The summed E-state index contributed by atoms with van der Waals surface area (Å²) >= 11 is 0. The van der Waals surface area contributed by atoms with Gasteiger partial charge in [0, 0.05) is 19.3 Å². The maximum Gasteiger partial charge on any atom is 0.306 e. The fourth-order valence-corrected chi connectivity index (χ4v) is 8.59. The second kappa shape index (κ2) is 57.7. The van der Waals surface area contributed by atoms with Gasteiger partial charge in [0.15, 0.2) is 6.10 Å². The summed E-state index contributed by atoms with van der Waals surface area (Å²) in [5, 5.41) is 0. The molecule has 6 heteroatoms. The van der Waals surface area contributed by atoms with E-state index in [-0.39, 0.29) is 31.1 Å². The Kier molecular flexibility index (Phi) is 55.3. The lowest BCUT2D eigenvalue weighted by molar-refractivity contribution is -0.167. The Morgan fingerprint density at radius 2 is 0.565 bits per heavy atom. The van der Waals surface area contributed by atoms with Crippen LogP contribution in [0.4, 0.5) is 0 Å². The Balaban J connectivity index is 4.20. The molecule has 1 atom stereocenters. The van der Waals surface area contributed by atoms with Gasteiger partial charge in [0.05, 0.1) is 0 Å². The average Bonchev–Trinajstić information content (AvgIpc) is 3.35. The molecule has 0 aromatic carbocycles. The van der Waals surface area contributed by atoms with E-state index >= 15 is 0 Å². The van der Waals surface area contributed by atoms with E-state index in [1.807, 2.05) is 0 Å². The number of carbonyl (C=O) groups is 3. The Labute approximate surface area is 428 Å². The second-order valence-electron chi connectivity index (χ2n) is 19.9. The molecule has 0 fully saturated rings. The van der Waals surface area contributed by atoms with Crippen molar-refractivity contribution in [2.24, 2.45) is 0 Å². The summed E-state index contributed by atoms with van der Waals surface area (Å²) in [5.41, 5.74) is 0. The van der Waals surface area contributed by atoms with Gasteiger partial charge in [-0.15, -0.1) is 0 Å². The van der Waals surface area contributed by atoms with Gasteiger partial charge >= 0.3 is 17.9 Å². The third-order valence-corrected chi connectivity index (χ3v) is 13.0. The van der Waals surface area contributed by atoms with E-state index in [1.165, 1.54) is 173 Å². The smallest absolute Gasteiger partial charge is 0.306 e. The molecule has 1 unspecified atom stereocenters. The molecule has 0 N–H and O–H groups in total. The first kappa shape index (κ1) is 66.1. The van der Waals surface area contributed by atoms with E-state index in [2.05, 4.69) is 81.5 Å². The summed E-state index contributed by atoms with van der Waals surface area (Å²) in [6, 6.07) is 0. The van der Waals surface area contributed by atoms with Gasteiger partial charge in [-0.25, -0.2) is 0 Å². The number of esters is 3. The minimum atomic E-state index is -0.770. The monoisotopic (exact) mass is 965 g/mol. The lowest BCUT2D eigenvalue weighted by Gasteiger charge is -2.18. The van der Waals surface area contributed by atoms with Crippen molar-refractivity contribution in [1.29, 1.82) is 0 Å². The summed E-state index contributed by atoms with van der Waals surface area (Å²) in [5.74, 6) is -0.859. The molecule has 0 bridgehead atoms. The topological polar surface area (TPSA) is 78.9 Å².